The minimum Gasteiger partial charge on any atom is -0.289 e. The summed E-state index contributed by atoms with van der Waals surface area (Å²) in [7, 11) is 0. The van der Waals surface area contributed by atoms with E-state index in [1.165, 1.54) is 0 Å². The molecule has 0 saturated heterocycles. The molecule has 1 radical (unpaired) electrons. The van der Waals surface area contributed by atoms with Crippen LogP contribution in [0.25, 0.3) is 0 Å². The molecule has 0 amide bonds. The zero-order chi connectivity index (χ0) is 11.5. The first-order valence-corrected chi connectivity index (χ1v) is 5.49. The van der Waals surface area contributed by atoms with Crippen molar-refractivity contribution in [2.45, 2.75) is 0 Å². The van der Waals surface area contributed by atoms with E-state index >= 15 is 0 Å². The molecular formula is C13H8Cl2NaO. The normalized spacial score (nSPS) is 9.53. The number of benzene rings is 2. The second-order valence-corrected chi connectivity index (χ2v) is 4.08. The molecule has 0 aliphatic carbocycles. The molecule has 4 heteroatoms. The van der Waals surface area contributed by atoms with E-state index in [2.05, 4.69) is 0 Å². The first kappa shape index (κ1) is 14.7. The Morgan fingerprint density at radius 1 is 0.882 bits per heavy atom. The standard InChI is InChI=1S/C13H8Cl2O.Na/c14-11-8-4-7-10(12(11)15)13(16)9-5-2-1-3-6-9;/h1-8H;. The fourth-order valence-corrected chi connectivity index (χ4v) is 1.81. The predicted octanol–water partition coefficient (Wildman–Crippen LogP) is 3.84. The Morgan fingerprint density at radius 2 is 1.53 bits per heavy atom. The summed E-state index contributed by atoms with van der Waals surface area (Å²) in [5.41, 5.74) is 1.03. The van der Waals surface area contributed by atoms with Gasteiger partial charge in [0.05, 0.1) is 10.0 Å². The van der Waals surface area contributed by atoms with E-state index in [4.69, 9.17) is 23.2 Å². The Kier molecular flexibility index (Phi) is 5.71. The zero-order valence-electron chi connectivity index (χ0n) is 9.28. The van der Waals surface area contributed by atoms with Crippen LogP contribution in [0.3, 0.4) is 0 Å². The second-order valence-electron chi connectivity index (χ2n) is 3.30. The van der Waals surface area contributed by atoms with E-state index in [1.54, 1.807) is 30.3 Å². The van der Waals surface area contributed by atoms with Crippen molar-refractivity contribution in [3.63, 3.8) is 0 Å². The summed E-state index contributed by atoms with van der Waals surface area (Å²) in [6.07, 6.45) is 0. The van der Waals surface area contributed by atoms with E-state index < -0.39 is 0 Å². The Balaban J connectivity index is 0.00000144. The number of rotatable bonds is 2. The van der Waals surface area contributed by atoms with Crippen molar-refractivity contribution in [1.29, 1.82) is 0 Å². The van der Waals surface area contributed by atoms with Crippen LogP contribution in [0.2, 0.25) is 10.0 Å². The molecule has 1 nitrogen and oxygen atoms in total. The molecule has 0 saturated carbocycles. The third-order valence-corrected chi connectivity index (χ3v) is 3.05. The quantitative estimate of drug-likeness (QED) is 0.600. The molecule has 2 aromatic carbocycles. The van der Waals surface area contributed by atoms with Gasteiger partial charge in [0.25, 0.3) is 0 Å². The summed E-state index contributed by atoms with van der Waals surface area (Å²) in [6, 6.07) is 14.0. The van der Waals surface area contributed by atoms with Crippen molar-refractivity contribution in [3.05, 3.63) is 69.7 Å². The first-order chi connectivity index (χ1) is 7.70. The van der Waals surface area contributed by atoms with Crippen LogP contribution in [0.4, 0.5) is 0 Å². The SMILES string of the molecule is O=C(c1ccccc1)c1cccc(Cl)c1Cl.[Na]. The zero-order valence-corrected chi connectivity index (χ0v) is 12.8. The average Bonchev–Trinajstić information content (AvgIpc) is 2.33. The molecule has 0 aliphatic heterocycles. The van der Waals surface area contributed by atoms with Gasteiger partial charge in [0.1, 0.15) is 0 Å². The number of hydrogen-bond donors (Lipinski definition) is 0. The van der Waals surface area contributed by atoms with Gasteiger partial charge in [-0.2, -0.15) is 0 Å². The number of carbonyl (C=O) groups excluding carboxylic acids is 1. The van der Waals surface area contributed by atoms with Gasteiger partial charge in [0.15, 0.2) is 5.78 Å². The van der Waals surface area contributed by atoms with Gasteiger partial charge in [0.2, 0.25) is 0 Å². The van der Waals surface area contributed by atoms with E-state index in [-0.39, 0.29) is 35.3 Å². The van der Waals surface area contributed by atoms with E-state index in [0.717, 1.165) is 0 Å². The summed E-state index contributed by atoms with van der Waals surface area (Å²) in [6.45, 7) is 0. The van der Waals surface area contributed by atoms with Gasteiger partial charge in [0, 0.05) is 40.7 Å². The Hall–Kier alpha value is -0.310. The number of halogens is 2. The molecule has 2 aromatic rings. The van der Waals surface area contributed by atoms with Gasteiger partial charge in [-0.05, 0) is 12.1 Å². The van der Waals surface area contributed by atoms with Crippen LogP contribution in [0, 0.1) is 0 Å². The van der Waals surface area contributed by atoms with Crippen LogP contribution in [0.1, 0.15) is 15.9 Å². The molecule has 17 heavy (non-hydrogen) atoms. The molecule has 0 unspecified atom stereocenters. The summed E-state index contributed by atoms with van der Waals surface area (Å²) >= 11 is 11.8. The first-order valence-electron chi connectivity index (χ1n) is 4.74. The molecular weight excluding hydrogens is 266 g/mol. The molecule has 0 heterocycles. The maximum atomic E-state index is 12.1. The smallest absolute Gasteiger partial charge is 0.194 e. The van der Waals surface area contributed by atoms with Crippen LogP contribution < -0.4 is 0 Å². The molecule has 81 valence electrons. The van der Waals surface area contributed by atoms with Crippen molar-refractivity contribution < 1.29 is 4.79 Å². The van der Waals surface area contributed by atoms with Gasteiger partial charge >= 0.3 is 0 Å². The van der Waals surface area contributed by atoms with Crippen LogP contribution in [-0.4, -0.2) is 35.3 Å². The average molecular weight is 274 g/mol. The number of ketones is 1. The maximum Gasteiger partial charge on any atom is 0.194 e. The molecule has 0 bridgehead atoms. The molecule has 0 atom stereocenters. The molecule has 0 fully saturated rings. The van der Waals surface area contributed by atoms with Gasteiger partial charge in [-0.3, -0.25) is 4.79 Å². The van der Waals surface area contributed by atoms with Crippen LogP contribution in [0.5, 0.6) is 0 Å². The van der Waals surface area contributed by atoms with Crippen molar-refractivity contribution in [2.24, 2.45) is 0 Å². The summed E-state index contributed by atoms with van der Waals surface area (Å²) in [5, 5.41) is 0.696. The van der Waals surface area contributed by atoms with Gasteiger partial charge < -0.3 is 0 Å². The van der Waals surface area contributed by atoms with Crippen molar-refractivity contribution in [1.82, 2.24) is 0 Å². The topological polar surface area (TPSA) is 17.1 Å². The van der Waals surface area contributed by atoms with E-state index in [9.17, 15) is 4.79 Å². The van der Waals surface area contributed by atoms with Gasteiger partial charge in [-0.15, -0.1) is 0 Å². The Labute approximate surface area is 132 Å². The second kappa shape index (κ2) is 6.58. The monoisotopic (exact) mass is 273 g/mol. The largest absolute Gasteiger partial charge is 0.289 e. The van der Waals surface area contributed by atoms with E-state index in [1.807, 2.05) is 18.2 Å². The van der Waals surface area contributed by atoms with Gasteiger partial charge in [-0.1, -0.05) is 59.6 Å². The number of carbonyl (C=O) groups is 1. The fourth-order valence-electron chi connectivity index (χ4n) is 1.42. The number of hydrogen-bond acceptors (Lipinski definition) is 1. The summed E-state index contributed by atoms with van der Waals surface area (Å²) in [4.78, 5) is 12.1. The summed E-state index contributed by atoms with van der Waals surface area (Å²) < 4.78 is 0. The van der Waals surface area contributed by atoms with Crippen molar-refractivity contribution in [3.8, 4) is 0 Å². The third-order valence-electron chi connectivity index (χ3n) is 2.23. The summed E-state index contributed by atoms with van der Waals surface area (Å²) in [5.74, 6) is -0.117. The molecule has 0 spiro atoms. The third kappa shape index (κ3) is 3.34. The molecule has 0 aromatic heterocycles. The predicted molar refractivity (Wildman–Crippen MR) is 72.1 cm³/mol. The van der Waals surface area contributed by atoms with Gasteiger partial charge in [-0.25, -0.2) is 0 Å². The Morgan fingerprint density at radius 3 is 2.18 bits per heavy atom. The minimum absolute atomic E-state index is 0. The van der Waals surface area contributed by atoms with E-state index in [0.29, 0.717) is 21.2 Å². The molecule has 2 rings (SSSR count). The van der Waals surface area contributed by atoms with Crippen LogP contribution >= 0.6 is 23.2 Å². The van der Waals surface area contributed by atoms with Crippen molar-refractivity contribution in [2.75, 3.05) is 0 Å². The van der Waals surface area contributed by atoms with Crippen LogP contribution in [-0.2, 0) is 0 Å². The Bertz CT molecular complexity index is 526. The maximum absolute atomic E-state index is 12.1. The molecule has 0 aliphatic rings. The minimum atomic E-state index is -0.117. The van der Waals surface area contributed by atoms with Crippen molar-refractivity contribution >= 4 is 58.5 Å². The fraction of sp³-hybridized carbons (Fsp3) is 0. The van der Waals surface area contributed by atoms with Crippen LogP contribution in [0.15, 0.2) is 48.5 Å². The molecule has 0 N–H and O–H groups in total.